The summed E-state index contributed by atoms with van der Waals surface area (Å²) in [5.74, 6) is 0.843. The first-order valence-corrected chi connectivity index (χ1v) is 6.54. The minimum atomic E-state index is 0.0324. The van der Waals surface area contributed by atoms with Crippen molar-refractivity contribution in [2.45, 2.75) is 13.0 Å². The largest absolute Gasteiger partial charge is 0.496 e. The fraction of sp³-hybridized carbons (Fsp3) is 0.571. The molecule has 0 atom stereocenters. The Balaban J connectivity index is 1.99. The van der Waals surface area contributed by atoms with E-state index in [0.717, 1.165) is 50.5 Å². The van der Waals surface area contributed by atoms with Crippen molar-refractivity contribution in [1.82, 2.24) is 10.2 Å². The van der Waals surface area contributed by atoms with Gasteiger partial charge in [0.1, 0.15) is 5.75 Å². The van der Waals surface area contributed by atoms with Crippen LogP contribution in [-0.2, 0) is 13.0 Å². The second-order valence-electron chi connectivity index (χ2n) is 4.61. The van der Waals surface area contributed by atoms with Gasteiger partial charge in [-0.05, 0) is 12.0 Å². The highest BCUT2D eigenvalue weighted by Crippen LogP contribution is 2.24. The van der Waals surface area contributed by atoms with Crippen molar-refractivity contribution in [1.29, 1.82) is 0 Å². The number of rotatable bonds is 5. The number of ether oxygens (including phenoxy) is 1. The molecule has 1 aromatic rings. The van der Waals surface area contributed by atoms with Crippen LogP contribution in [-0.4, -0.2) is 49.8 Å². The lowest BCUT2D eigenvalue weighted by molar-refractivity contribution is 0.242. The molecule has 4 nitrogen and oxygen atoms in total. The second kappa shape index (κ2) is 6.73. The van der Waals surface area contributed by atoms with Crippen LogP contribution in [0.15, 0.2) is 18.2 Å². The number of hydrogen-bond donors (Lipinski definition) is 2. The molecule has 2 rings (SSSR count). The quantitative estimate of drug-likeness (QED) is 0.805. The third-order valence-corrected chi connectivity index (χ3v) is 3.46. The zero-order valence-corrected chi connectivity index (χ0v) is 11.0. The number of aliphatic hydroxyl groups is 1. The van der Waals surface area contributed by atoms with Gasteiger partial charge in [0.15, 0.2) is 0 Å². The summed E-state index contributed by atoms with van der Waals surface area (Å²) in [6.45, 7) is 5.46. The molecule has 1 saturated heterocycles. The van der Waals surface area contributed by atoms with Crippen molar-refractivity contribution in [3.8, 4) is 5.75 Å². The van der Waals surface area contributed by atoms with Crippen LogP contribution < -0.4 is 10.1 Å². The van der Waals surface area contributed by atoms with Gasteiger partial charge in [-0.25, -0.2) is 0 Å². The monoisotopic (exact) mass is 250 g/mol. The van der Waals surface area contributed by atoms with E-state index in [9.17, 15) is 5.11 Å². The van der Waals surface area contributed by atoms with Crippen LogP contribution >= 0.6 is 0 Å². The molecule has 4 heteroatoms. The van der Waals surface area contributed by atoms with E-state index in [2.05, 4.69) is 16.3 Å². The number of hydrogen-bond acceptors (Lipinski definition) is 4. The Bertz CT molecular complexity index is 376. The molecule has 1 fully saturated rings. The average molecular weight is 250 g/mol. The first-order chi connectivity index (χ1) is 8.85. The molecule has 1 aliphatic rings. The summed E-state index contributed by atoms with van der Waals surface area (Å²) in [5.41, 5.74) is 2.05. The molecule has 0 aliphatic carbocycles. The predicted octanol–water partition coefficient (Wildman–Crippen LogP) is 0.635. The van der Waals surface area contributed by atoms with E-state index >= 15 is 0 Å². The Morgan fingerprint density at radius 2 is 2.00 bits per heavy atom. The summed E-state index contributed by atoms with van der Waals surface area (Å²) in [6, 6.07) is 5.98. The van der Waals surface area contributed by atoms with E-state index in [0.29, 0.717) is 0 Å². The molecule has 1 heterocycles. The molecule has 0 radical (unpaired) electrons. The van der Waals surface area contributed by atoms with Gasteiger partial charge in [-0.1, -0.05) is 18.2 Å². The van der Waals surface area contributed by atoms with Crippen LogP contribution in [0.25, 0.3) is 0 Å². The number of para-hydroxylation sites is 1. The fourth-order valence-electron chi connectivity index (χ4n) is 2.43. The normalized spacial score (nSPS) is 16.8. The minimum absolute atomic E-state index is 0.0324. The zero-order valence-electron chi connectivity index (χ0n) is 11.0. The third kappa shape index (κ3) is 3.22. The topological polar surface area (TPSA) is 44.7 Å². The summed E-state index contributed by atoms with van der Waals surface area (Å²) >= 11 is 0. The molecule has 2 N–H and O–H groups in total. The summed E-state index contributed by atoms with van der Waals surface area (Å²) in [6.07, 6.45) is 0.969. The van der Waals surface area contributed by atoms with Crippen LogP contribution in [0.1, 0.15) is 11.1 Å². The Kier molecular flexibility index (Phi) is 4.99. The van der Waals surface area contributed by atoms with Gasteiger partial charge in [0.25, 0.3) is 0 Å². The summed E-state index contributed by atoms with van der Waals surface area (Å²) in [7, 11) is 1.67. The van der Waals surface area contributed by atoms with Crippen molar-refractivity contribution in [2.24, 2.45) is 0 Å². The summed E-state index contributed by atoms with van der Waals surface area (Å²) in [5, 5.41) is 12.6. The Morgan fingerprint density at radius 1 is 1.28 bits per heavy atom. The molecule has 0 bridgehead atoms. The SMILES string of the molecule is COc1c(CO)cccc1CCN1CCNCC1. The highest BCUT2D eigenvalue weighted by molar-refractivity contribution is 5.41. The molecule has 0 aromatic heterocycles. The maximum Gasteiger partial charge on any atom is 0.127 e. The van der Waals surface area contributed by atoms with E-state index in [1.807, 2.05) is 12.1 Å². The van der Waals surface area contributed by atoms with E-state index in [1.165, 1.54) is 5.56 Å². The van der Waals surface area contributed by atoms with Crippen molar-refractivity contribution in [3.05, 3.63) is 29.3 Å². The van der Waals surface area contributed by atoms with Crippen LogP contribution in [0.5, 0.6) is 5.75 Å². The summed E-state index contributed by atoms with van der Waals surface area (Å²) < 4.78 is 5.42. The van der Waals surface area contributed by atoms with Gasteiger partial charge in [-0.2, -0.15) is 0 Å². The fourth-order valence-corrected chi connectivity index (χ4v) is 2.43. The van der Waals surface area contributed by atoms with Gasteiger partial charge in [-0.15, -0.1) is 0 Å². The van der Waals surface area contributed by atoms with Crippen LogP contribution in [0, 0.1) is 0 Å². The second-order valence-corrected chi connectivity index (χ2v) is 4.61. The number of benzene rings is 1. The smallest absolute Gasteiger partial charge is 0.127 e. The van der Waals surface area contributed by atoms with Crippen molar-refractivity contribution >= 4 is 0 Å². The Hall–Kier alpha value is -1.10. The Morgan fingerprint density at radius 3 is 2.67 bits per heavy atom. The van der Waals surface area contributed by atoms with Crippen molar-refractivity contribution in [2.75, 3.05) is 39.8 Å². The first-order valence-electron chi connectivity index (χ1n) is 6.54. The number of piperazine rings is 1. The van der Waals surface area contributed by atoms with Gasteiger partial charge < -0.3 is 20.1 Å². The maximum absolute atomic E-state index is 9.29. The van der Waals surface area contributed by atoms with E-state index in [4.69, 9.17) is 4.74 Å². The molecule has 1 aromatic carbocycles. The number of nitrogens with zero attached hydrogens (tertiary/aromatic N) is 1. The third-order valence-electron chi connectivity index (χ3n) is 3.46. The van der Waals surface area contributed by atoms with E-state index < -0.39 is 0 Å². The number of methoxy groups -OCH3 is 1. The molecule has 0 spiro atoms. The zero-order chi connectivity index (χ0) is 12.8. The highest BCUT2D eigenvalue weighted by atomic mass is 16.5. The van der Waals surface area contributed by atoms with Crippen molar-refractivity contribution < 1.29 is 9.84 Å². The molecule has 0 saturated carbocycles. The van der Waals surface area contributed by atoms with Crippen LogP contribution in [0.3, 0.4) is 0 Å². The molecule has 0 unspecified atom stereocenters. The molecule has 1 aliphatic heterocycles. The molecular weight excluding hydrogens is 228 g/mol. The maximum atomic E-state index is 9.29. The van der Waals surface area contributed by atoms with E-state index in [-0.39, 0.29) is 6.61 Å². The van der Waals surface area contributed by atoms with Crippen LogP contribution in [0.4, 0.5) is 0 Å². The minimum Gasteiger partial charge on any atom is -0.496 e. The van der Waals surface area contributed by atoms with Crippen LogP contribution in [0.2, 0.25) is 0 Å². The average Bonchev–Trinajstić information content (AvgIpc) is 2.45. The van der Waals surface area contributed by atoms with E-state index in [1.54, 1.807) is 7.11 Å². The van der Waals surface area contributed by atoms with Gasteiger partial charge in [-0.3, -0.25) is 0 Å². The molecule has 18 heavy (non-hydrogen) atoms. The first kappa shape index (κ1) is 13.3. The molecule has 100 valence electrons. The standard InChI is InChI=1S/C14H22N2O2/c1-18-14-12(3-2-4-13(14)11-17)5-8-16-9-6-15-7-10-16/h2-4,15,17H,5-11H2,1H3. The lowest BCUT2D eigenvalue weighted by Gasteiger charge is -2.27. The Labute approximate surface area is 109 Å². The number of nitrogens with one attached hydrogen (secondary N) is 1. The van der Waals surface area contributed by atoms with Gasteiger partial charge in [0.2, 0.25) is 0 Å². The molecular formula is C14H22N2O2. The summed E-state index contributed by atoms with van der Waals surface area (Å²) in [4.78, 5) is 2.46. The number of aliphatic hydroxyl groups excluding tert-OH is 1. The predicted molar refractivity (Wildman–Crippen MR) is 71.9 cm³/mol. The van der Waals surface area contributed by atoms with Gasteiger partial charge in [0, 0.05) is 38.3 Å². The van der Waals surface area contributed by atoms with Gasteiger partial charge in [0.05, 0.1) is 13.7 Å². The van der Waals surface area contributed by atoms with Crippen molar-refractivity contribution in [3.63, 3.8) is 0 Å². The highest BCUT2D eigenvalue weighted by Gasteiger charge is 2.12. The molecule has 0 amide bonds. The van der Waals surface area contributed by atoms with Gasteiger partial charge >= 0.3 is 0 Å². The lowest BCUT2D eigenvalue weighted by Crippen LogP contribution is -2.44. The lowest BCUT2D eigenvalue weighted by atomic mass is 10.1.